The molecule has 23 heavy (non-hydrogen) atoms. The fraction of sp³-hybridized carbons (Fsp3) is 0.312. The van der Waals surface area contributed by atoms with Crippen LogP contribution in [0.5, 0.6) is 0 Å². The SMILES string of the molecule is Cc1nc2ncnc(Nc3ccc(N4CCOCC4)cc3)c2[nH]1. The molecule has 0 unspecified atom stereocenters. The maximum Gasteiger partial charge on any atom is 0.183 e. The molecule has 0 atom stereocenters. The van der Waals surface area contributed by atoms with E-state index < -0.39 is 0 Å². The molecule has 1 aromatic carbocycles. The topological polar surface area (TPSA) is 79.0 Å². The fourth-order valence-corrected chi connectivity index (χ4v) is 2.75. The van der Waals surface area contributed by atoms with Gasteiger partial charge in [0.15, 0.2) is 11.5 Å². The van der Waals surface area contributed by atoms with E-state index in [1.54, 1.807) is 0 Å². The second-order valence-corrected chi connectivity index (χ2v) is 5.51. The van der Waals surface area contributed by atoms with Gasteiger partial charge in [-0.1, -0.05) is 0 Å². The number of aromatic nitrogens is 4. The van der Waals surface area contributed by atoms with Crippen LogP contribution < -0.4 is 10.2 Å². The van der Waals surface area contributed by atoms with Crippen molar-refractivity contribution in [2.45, 2.75) is 6.92 Å². The Balaban J connectivity index is 1.56. The standard InChI is InChI=1S/C16H18N6O/c1-11-19-14-15(20-11)17-10-18-16(14)21-12-2-4-13(5-3-12)22-6-8-23-9-7-22/h2-5,10H,6-9H2,1H3,(H2,17,18,19,20,21). The zero-order chi connectivity index (χ0) is 15.6. The Labute approximate surface area is 133 Å². The summed E-state index contributed by atoms with van der Waals surface area (Å²) in [5.74, 6) is 1.56. The Morgan fingerprint density at radius 2 is 1.91 bits per heavy atom. The van der Waals surface area contributed by atoms with E-state index in [1.807, 2.05) is 6.92 Å². The number of hydrogen-bond acceptors (Lipinski definition) is 6. The minimum absolute atomic E-state index is 0.671. The molecule has 1 saturated heterocycles. The van der Waals surface area contributed by atoms with Gasteiger partial charge < -0.3 is 19.9 Å². The van der Waals surface area contributed by atoms with Crippen LogP contribution in [0.25, 0.3) is 11.2 Å². The molecule has 0 saturated carbocycles. The molecule has 3 heterocycles. The quantitative estimate of drug-likeness (QED) is 0.772. The molecule has 0 spiro atoms. The zero-order valence-corrected chi connectivity index (χ0v) is 12.9. The Hall–Kier alpha value is -2.67. The van der Waals surface area contributed by atoms with Crippen LogP contribution in [0.15, 0.2) is 30.6 Å². The Morgan fingerprint density at radius 3 is 2.70 bits per heavy atom. The van der Waals surface area contributed by atoms with Crippen molar-refractivity contribution in [2.24, 2.45) is 0 Å². The first-order chi connectivity index (χ1) is 11.3. The highest BCUT2D eigenvalue weighted by atomic mass is 16.5. The number of anilines is 3. The monoisotopic (exact) mass is 310 g/mol. The van der Waals surface area contributed by atoms with E-state index in [1.165, 1.54) is 12.0 Å². The maximum absolute atomic E-state index is 5.39. The second kappa shape index (κ2) is 5.85. The van der Waals surface area contributed by atoms with E-state index in [0.29, 0.717) is 5.65 Å². The van der Waals surface area contributed by atoms with Crippen LogP contribution in [0.4, 0.5) is 17.2 Å². The molecular weight excluding hydrogens is 292 g/mol. The minimum atomic E-state index is 0.671. The van der Waals surface area contributed by atoms with E-state index >= 15 is 0 Å². The molecule has 2 N–H and O–H groups in total. The molecule has 0 aliphatic carbocycles. The number of hydrogen-bond donors (Lipinski definition) is 2. The van der Waals surface area contributed by atoms with Crippen LogP contribution in [0, 0.1) is 6.92 Å². The van der Waals surface area contributed by atoms with Crippen LogP contribution in [0.1, 0.15) is 5.82 Å². The van der Waals surface area contributed by atoms with Gasteiger partial charge in [-0.25, -0.2) is 15.0 Å². The molecule has 4 rings (SSSR count). The summed E-state index contributed by atoms with van der Waals surface area (Å²) < 4.78 is 5.39. The number of aryl methyl sites for hydroxylation is 1. The van der Waals surface area contributed by atoms with Crippen molar-refractivity contribution < 1.29 is 4.74 Å². The lowest BCUT2D eigenvalue weighted by atomic mass is 10.2. The number of H-pyrrole nitrogens is 1. The third kappa shape index (κ3) is 2.83. The summed E-state index contributed by atoms with van der Waals surface area (Å²) in [6.07, 6.45) is 1.52. The summed E-state index contributed by atoms with van der Waals surface area (Å²) in [7, 11) is 0. The largest absolute Gasteiger partial charge is 0.378 e. The fourth-order valence-electron chi connectivity index (χ4n) is 2.75. The van der Waals surface area contributed by atoms with E-state index in [-0.39, 0.29) is 0 Å². The van der Waals surface area contributed by atoms with Gasteiger partial charge in [-0.3, -0.25) is 0 Å². The summed E-state index contributed by atoms with van der Waals surface area (Å²) >= 11 is 0. The highest BCUT2D eigenvalue weighted by Crippen LogP contribution is 2.24. The van der Waals surface area contributed by atoms with E-state index in [9.17, 15) is 0 Å². The van der Waals surface area contributed by atoms with Gasteiger partial charge in [-0.15, -0.1) is 0 Å². The number of morpholine rings is 1. The number of benzene rings is 1. The van der Waals surface area contributed by atoms with Gasteiger partial charge in [-0.05, 0) is 31.2 Å². The number of imidazole rings is 1. The predicted molar refractivity (Wildman–Crippen MR) is 89.2 cm³/mol. The van der Waals surface area contributed by atoms with Crippen LogP contribution in [-0.2, 0) is 4.74 Å². The van der Waals surface area contributed by atoms with Gasteiger partial charge in [-0.2, -0.15) is 0 Å². The zero-order valence-electron chi connectivity index (χ0n) is 12.9. The van der Waals surface area contributed by atoms with Gasteiger partial charge in [0.25, 0.3) is 0 Å². The molecule has 0 amide bonds. The van der Waals surface area contributed by atoms with Crippen molar-refractivity contribution in [3.8, 4) is 0 Å². The summed E-state index contributed by atoms with van der Waals surface area (Å²) in [5, 5.41) is 3.32. The summed E-state index contributed by atoms with van der Waals surface area (Å²) in [4.78, 5) is 18.3. The van der Waals surface area contributed by atoms with Gasteiger partial charge in [0.1, 0.15) is 17.7 Å². The predicted octanol–water partition coefficient (Wildman–Crippen LogP) is 2.24. The molecule has 1 aliphatic rings. The average Bonchev–Trinajstić information content (AvgIpc) is 2.98. The van der Waals surface area contributed by atoms with Crippen molar-refractivity contribution in [3.63, 3.8) is 0 Å². The molecule has 1 fully saturated rings. The molecule has 7 heteroatoms. The van der Waals surface area contributed by atoms with Gasteiger partial charge in [0, 0.05) is 24.5 Å². The lowest BCUT2D eigenvalue weighted by molar-refractivity contribution is 0.122. The molecule has 3 aromatic rings. The Bertz CT molecular complexity index is 807. The van der Waals surface area contributed by atoms with Crippen molar-refractivity contribution in [2.75, 3.05) is 36.5 Å². The summed E-state index contributed by atoms with van der Waals surface area (Å²) in [5.41, 5.74) is 3.69. The Morgan fingerprint density at radius 1 is 1.13 bits per heavy atom. The van der Waals surface area contributed by atoms with Crippen LogP contribution in [-0.4, -0.2) is 46.2 Å². The molecule has 118 valence electrons. The molecule has 7 nitrogen and oxygen atoms in total. The second-order valence-electron chi connectivity index (χ2n) is 5.51. The van der Waals surface area contributed by atoms with Crippen molar-refractivity contribution >= 4 is 28.4 Å². The average molecular weight is 310 g/mol. The van der Waals surface area contributed by atoms with E-state index in [0.717, 1.165) is 49.1 Å². The normalized spacial score (nSPS) is 15.1. The van der Waals surface area contributed by atoms with Crippen LogP contribution >= 0.6 is 0 Å². The smallest absolute Gasteiger partial charge is 0.183 e. The van der Waals surface area contributed by atoms with Crippen molar-refractivity contribution in [3.05, 3.63) is 36.4 Å². The maximum atomic E-state index is 5.39. The van der Waals surface area contributed by atoms with Crippen LogP contribution in [0.3, 0.4) is 0 Å². The van der Waals surface area contributed by atoms with E-state index in [4.69, 9.17) is 4.74 Å². The van der Waals surface area contributed by atoms with Crippen molar-refractivity contribution in [1.82, 2.24) is 19.9 Å². The highest BCUT2D eigenvalue weighted by Gasteiger charge is 2.11. The van der Waals surface area contributed by atoms with E-state index in [2.05, 4.69) is 54.4 Å². The third-order valence-electron chi connectivity index (χ3n) is 3.91. The minimum Gasteiger partial charge on any atom is -0.378 e. The summed E-state index contributed by atoms with van der Waals surface area (Å²) in [6.45, 7) is 5.36. The molecular formula is C16H18N6O. The van der Waals surface area contributed by atoms with Crippen LogP contribution in [0.2, 0.25) is 0 Å². The van der Waals surface area contributed by atoms with Gasteiger partial charge in [0.05, 0.1) is 13.2 Å². The lowest BCUT2D eigenvalue weighted by Gasteiger charge is -2.28. The number of rotatable bonds is 3. The van der Waals surface area contributed by atoms with Gasteiger partial charge in [0.2, 0.25) is 0 Å². The first-order valence-electron chi connectivity index (χ1n) is 7.67. The lowest BCUT2D eigenvalue weighted by Crippen LogP contribution is -2.36. The molecule has 0 bridgehead atoms. The first-order valence-corrected chi connectivity index (χ1v) is 7.67. The highest BCUT2D eigenvalue weighted by molar-refractivity contribution is 5.85. The number of nitrogens with one attached hydrogen (secondary N) is 2. The third-order valence-corrected chi connectivity index (χ3v) is 3.91. The molecule has 2 aromatic heterocycles. The summed E-state index contributed by atoms with van der Waals surface area (Å²) in [6, 6.07) is 8.35. The van der Waals surface area contributed by atoms with Crippen molar-refractivity contribution in [1.29, 1.82) is 0 Å². The van der Waals surface area contributed by atoms with Gasteiger partial charge >= 0.3 is 0 Å². The molecule has 0 radical (unpaired) electrons. The number of ether oxygens (including phenoxy) is 1. The number of nitrogens with zero attached hydrogens (tertiary/aromatic N) is 4. The first kappa shape index (κ1) is 14.0. The number of aromatic amines is 1. The number of fused-ring (bicyclic) bond motifs is 1. The molecule has 1 aliphatic heterocycles. The Kier molecular flexibility index (Phi) is 3.55.